The normalized spacial score (nSPS) is 9.72. The van der Waals surface area contributed by atoms with Crippen molar-refractivity contribution in [2.75, 3.05) is 0 Å². The number of halogens is 9. The molecule has 0 radical (unpaired) electrons. The second-order valence-corrected chi connectivity index (χ2v) is 7.65. The van der Waals surface area contributed by atoms with Gasteiger partial charge in [-0.25, -0.2) is 4.39 Å². The lowest BCUT2D eigenvalue weighted by atomic mass is 10.2. The molecule has 0 unspecified atom stereocenters. The van der Waals surface area contributed by atoms with Gasteiger partial charge in [-0.3, -0.25) is 0 Å². The third-order valence-corrected chi connectivity index (χ3v) is 4.37. The van der Waals surface area contributed by atoms with Crippen molar-refractivity contribution >= 4 is 23.2 Å². The van der Waals surface area contributed by atoms with Crippen LogP contribution in [0.4, 0.5) is 30.7 Å². The van der Waals surface area contributed by atoms with E-state index < -0.39 is 47.0 Å². The van der Waals surface area contributed by atoms with Crippen molar-refractivity contribution in [1.82, 2.24) is 9.97 Å². The van der Waals surface area contributed by atoms with Crippen LogP contribution in [-0.4, -0.2) is 15.1 Å². The lowest BCUT2D eigenvalue weighted by Crippen LogP contribution is -1.98. The van der Waals surface area contributed by atoms with Crippen LogP contribution in [0.2, 0.25) is 10.0 Å². The Labute approximate surface area is 224 Å². The molecular weight excluding hydrogens is 580 g/mol. The van der Waals surface area contributed by atoms with Gasteiger partial charge < -0.3 is 9.84 Å². The zero-order valence-corrected chi connectivity index (χ0v) is 20.2. The number of hydrogen-bond donors (Lipinski definition) is 1. The predicted octanol–water partition coefficient (Wildman–Crippen LogP) is 7.37. The third kappa shape index (κ3) is 9.34. The second kappa shape index (κ2) is 13.8. The maximum atomic E-state index is 13.3. The molecule has 0 saturated heterocycles. The number of nitrogens with zero attached hydrogens (tertiary/aromatic N) is 4. The van der Waals surface area contributed by atoms with Crippen LogP contribution in [0.15, 0.2) is 48.5 Å². The van der Waals surface area contributed by atoms with Gasteiger partial charge in [-0.2, -0.15) is 46.8 Å². The maximum Gasteiger partial charge on any atom is 0.255 e. The minimum Gasteiger partial charge on any atom is -0.508 e. The SMILES string of the molecule is Fc1cc(F)c(F)c(F)n1.N#Cc1cc(Cl)cc(Oc2cc(F)nc(F)c2F)c1.N#Cc1cc(O)cc(Cl)c1. The molecule has 6 nitrogen and oxygen atoms in total. The molecule has 0 bridgehead atoms. The minimum absolute atomic E-state index is 0.0176. The molecule has 2 aromatic heterocycles. The molecule has 0 atom stereocenters. The summed E-state index contributed by atoms with van der Waals surface area (Å²) in [5, 5.41) is 26.5. The number of rotatable bonds is 2. The van der Waals surface area contributed by atoms with Gasteiger partial charge in [0, 0.05) is 22.2 Å². The first-order chi connectivity index (χ1) is 18.3. The van der Waals surface area contributed by atoms with Crippen molar-refractivity contribution in [3.8, 4) is 29.4 Å². The third-order valence-electron chi connectivity index (χ3n) is 3.93. The first kappa shape index (κ1) is 30.6. The van der Waals surface area contributed by atoms with Crippen LogP contribution in [0.3, 0.4) is 0 Å². The van der Waals surface area contributed by atoms with Crippen LogP contribution >= 0.6 is 23.2 Å². The predicted molar refractivity (Wildman–Crippen MR) is 122 cm³/mol. The lowest BCUT2D eigenvalue weighted by molar-refractivity contribution is 0.387. The number of hydrogen-bond acceptors (Lipinski definition) is 6. The number of phenolic OH excluding ortho intramolecular Hbond substituents is 1. The molecule has 39 heavy (non-hydrogen) atoms. The number of aromatic nitrogens is 2. The molecule has 2 heterocycles. The highest BCUT2D eigenvalue weighted by Gasteiger charge is 2.15. The first-order valence-corrected chi connectivity index (χ1v) is 10.5. The van der Waals surface area contributed by atoms with E-state index in [4.69, 9.17) is 43.6 Å². The molecule has 1 N–H and O–H groups in total. The van der Waals surface area contributed by atoms with Crippen molar-refractivity contribution in [3.05, 3.63) is 111 Å². The number of ether oxygens (including phenoxy) is 1. The van der Waals surface area contributed by atoms with Crippen LogP contribution in [0.1, 0.15) is 11.1 Å². The molecule has 0 spiro atoms. The molecule has 0 aliphatic rings. The van der Waals surface area contributed by atoms with Gasteiger partial charge in [0.05, 0.1) is 23.3 Å². The summed E-state index contributed by atoms with van der Waals surface area (Å²) in [4.78, 5) is 5.05. The quantitative estimate of drug-likeness (QED) is 0.194. The van der Waals surface area contributed by atoms with Gasteiger partial charge in [-0.15, -0.1) is 0 Å². The fourth-order valence-corrected chi connectivity index (χ4v) is 2.87. The van der Waals surface area contributed by atoms with Crippen molar-refractivity contribution in [3.63, 3.8) is 0 Å². The van der Waals surface area contributed by atoms with Crippen molar-refractivity contribution < 1.29 is 40.6 Å². The molecule has 0 aliphatic heterocycles. The summed E-state index contributed by atoms with van der Waals surface area (Å²) in [6, 6.07) is 12.5. The van der Waals surface area contributed by atoms with Gasteiger partial charge in [0.2, 0.25) is 23.5 Å². The summed E-state index contributed by atoms with van der Waals surface area (Å²) >= 11 is 11.2. The highest BCUT2D eigenvalue weighted by molar-refractivity contribution is 6.31. The zero-order chi connectivity index (χ0) is 29.3. The number of nitriles is 2. The standard InChI is InChI=1S/C12H4ClF3N2O.C7H4ClNO.C5HF4N/c13-7-1-6(5-17)2-8(3-7)19-9-4-10(14)18-12(16)11(9)15;8-6-1-5(4-9)2-7(10)3-6;6-2-1-3(7)10-5(9)4(2)8/h1-4H;1-3,10H;1H. The molecule has 4 rings (SSSR count). The van der Waals surface area contributed by atoms with E-state index >= 15 is 0 Å². The fourth-order valence-electron chi connectivity index (χ4n) is 2.42. The van der Waals surface area contributed by atoms with E-state index in [0.29, 0.717) is 16.7 Å². The number of benzene rings is 2. The largest absolute Gasteiger partial charge is 0.508 e. The van der Waals surface area contributed by atoms with Gasteiger partial charge >= 0.3 is 0 Å². The minimum atomic E-state index is -1.77. The van der Waals surface area contributed by atoms with Crippen LogP contribution in [0, 0.1) is 63.9 Å². The van der Waals surface area contributed by atoms with Crippen LogP contribution in [0.25, 0.3) is 0 Å². The second-order valence-electron chi connectivity index (χ2n) is 6.78. The average molecular weight is 589 g/mol. The van der Waals surface area contributed by atoms with E-state index in [-0.39, 0.29) is 28.2 Å². The van der Waals surface area contributed by atoms with Crippen molar-refractivity contribution in [1.29, 1.82) is 10.5 Å². The van der Waals surface area contributed by atoms with E-state index in [1.165, 1.54) is 36.4 Å². The Hall–Kier alpha value is -4.59. The zero-order valence-electron chi connectivity index (χ0n) is 18.7. The number of phenols is 1. The number of pyridine rings is 2. The molecule has 0 fully saturated rings. The monoisotopic (exact) mass is 588 g/mol. The highest BCUT2D eigenvalue weighted by atomic mass is 35.5. The van der Waals surface area contributed by atoms with Crippen molar-refractivity contribution in [2.24, 2.45) is 0 Å². The highest BCUT2D eigenvalue weighted by Crippen LogP contribution is 2.29. The average Bonchev–Trinajstić information content (AvgIpc) is 2.85. The maximum absolute atomic E-state index is 13.3. The Kier molecular flexibility index (Phi) is 10.8. The topological polar surface area (TPSA) is 103 Å². The fraction of sp³-hybridized carbons (Fsp3) is 0. The molecule has 0 saturated carbocycles. The lowest BCUT2D eigenvalue weighted by Gasteiger charge is -2.07. The Bertz CT molecular complexity index is 1550. The summed E-state index contributed by atoms with van der Waals surface area (Å²) in [7, 11) is 0. The number of aromatic hydroxyl groups is 1. The first-order valence-electron chi connectivity index (χ1n) is 9.79. The summed E-state index contributed by atoms with van der Waals surface area (Å²) < 4.78 is 91.6. The summed E-state index contributed by atoms with van der Waals surface area (Å²) in [6.45, 7) is 0. The van der Waals surface area contributed by atoms with E-state index in [1.54, 1.807) is 0 Å². The van der Waals surface area contributed by atoms with Crippen LogP contribution < -0.4 is 4.74 Å². The van der Waals surface area contributed by atoms with Gasteiger partial charge in [-0.1, -0.05) is 23.2 Å². The molecule has 200 valence electrons. The van der Waals surface area contributed by atoms with E-state index in [9.17, 15) is 30.7 Å². The smallest absolute Gasteiger partial charge is 0.255 e. The van der Waals surface area contributed by atoms with Crippen molar-refractivity contribution in [2.45, 2.75) is 0 Å². The van der Waals surface area contributed by atoms with Crippen LogP contribution in [0.5, 0.6) is 17.2 Å². The Morgan fingerprint density at radius 2 is 1.18 bits per heavy atom. The van der Waals surface area contributed by atoms with Gasteiger partial charge in [0.1, 0.15) is 11.5 Å². The van der Waals surface area contributed by atoms with E-state index in [0.717, 1.165) is 0 Å². The van der Waals surface area contributed by atoms with E-state index in [1.807, 2.05) is 12.1 Å². The Morgan fingerprint density at radius 3 is 1.72 bits per heavy atom. The van der Waals surface area contributed by atoms with Gasteiger partial charge in [-0.05, 0) is 36.4 Å². The van der Waals surface area contributed by atoms with E-state index in [2.05, 4.69) is 9.97 Å². The molecule has 4 aromatic rings. The summed E-state index contributed by atoms with van der Waals surface area (Å²) in [6.07, 6.45) is 0. The Balaban J connectivity index is 0.000000225. The van der Waals surface area contributed by atoms with Gasteiger partial charge in [0.25, 0.3) is 11.9 Å². The molecule has 0 amide bonds. The Morgan fingerprint density at radius 1 is 0.667 bits per heavy atom. The molecule has 2 aromatic carbocycles. The molecular formula is C24H9Cl2F7N4O2. The summed E-state index contributed by atoms with van der Waals surface area (Å²) in [5.41, 5.74) is 0.530. The summed E-state index contributed by atoms with van der Waals surface area (Å²) in [5.74, 6) is -11.4. The molecule has 15 heteroatoms. The van der Waals surface area contributed by atoms with Crippen LogP contribution in [-0.2, 0) is 0 Å². The van der Waals surface area contributed by atoms with Gasteiger partial charge in [0.15, 0.2) is 11.6 Å². The molecule has 0 aliphatic carbocycles.